The molecular weight excluding hydrogens is 346 g/mol. The molecule has 0 spiro atoms. The first-order chi connectivity index (χ1) is 12.9. The van der Waals surface area contributed by atoms with Crippen LogP contribution < -0.4 is 0 Å². The number of morpholine rings is 1. The highest BCUT2D eigenvalue weighted by molar-refractivity contribution is 5.94. The summed E-state index contributed by atoms with van der Waals surface area (Å²) in [6.45, 7) is 9.02. The van der Waals surface area contributed by atoms with Gasteiger partial charge in [0, 0.05) is 18.7 Å². The van der Waals surface area contributed by atoms with Crippen molar-refractivity contribution in [3.05, 3.63) is 47.3 Å². The summed E-state index contributed by atoms with van der Waals surface area (Å²) in [5, 5.41) is 4.28. The van der Waals surface area contributed by atoms with Gasteiger partial charge in [0.05, 0.1) is 36.4 Å². The van der Waals surface area contributed by atoms with Crippen molar-refractivity contribution in [2.45, 2.75) is 39.9 Å². The molecule has 2 unspecified atom stereocenters. The van der Waals surface area contributed by atoms with E-state index in [9.17, 15) is 9.59 Å². The summed E-state index contributed by atoms with van der Waals surface area (Å²) in [6.07, 6.45) is 1.57. The van der Waals surface area contributed by atoms with Gasteiger partial charge in [-0.3, -0.25) is 4.79 Å². The molecule has 1 fully saturated rings. The monoisotopic (exact) mass is 371 g/mol. The van der Waals surface area contributed by atoms with Gasteiger partial charge in [-0.15, -0.1) is 0 Å². The Morgan fingerprint density at radius 1 is 1.19 bits per heavy atom. The van der Waals surface area contributed by atoms with Crippen LogP contribution in [0.2, 0.25) is 0 Å². The molecule has 1 aliphatic heterocycles. The number of ether oxygens (including phenoxy) is 2. The molecular formula is C20H25N3O4. The third-order valence-electron chi connectivity index (χ3n) is 4.57. The fourth-order valence-electron chi connectivity index (χ4n) is 3.35. The Kier molecular flexibility index (Phi) is 5.60. The van der Waals surface area contributed by atoms with E-state index in [-0.39, 0.29) is 24.1 Å². The molecule has 2 atom stereocenters. The number of benzene rings is 1. The van der Waals surface area contributed by atoms with Gasteiger partial charge in [0.25, 0.3) is 5.91 Å². The number of nitrogens with zero attached hydrogens (tertiary/aromatic N) is 3. The molecule has 144 valence electrons. The molecule has 0 aliphatic carbocycles. The Morgan fingerprint density at radius 2 is 1.81 bits per heavy atom. The van der Waals surface area contributed by atoms with Crippen LogP contribution in [0.25, 0.3) is 5.69 Å². The summed E-state index contributed by atoms with van der Waals surface area (Å²) in [7, 11) is 0. The number of carbonyl (C=O) groups excluding carboxylic acids is 2. The molecule has 2 heterocycles. The second-order valence-corrected chi connectivity index (χ2v) is 6.79. The largest absolute Gasteiger partial charge is 0.462 e. The maximum absolute atomic E-state index is 12.8. The van der Waals surface area contributed by atoms with E-state index in [0.29, 0.717) is 36.5 Å². The first-order valence-electron chi connectivity index (χ1n) is 9.17. The summed E-state index contributed by atoms with van der Waals surface area (Å²) >= 11 is 0. The number of esters is 1. The molecule has 1 aliphatic rings. The van der Waals surface area contributed by atoms with Gasteiger partial charge < -0.3 is 14.4 Å². The predicted molar refractivity (Wildman–Crippen MR) is 100 cm³/mol. The summed E-state index contributed by atoms with van der Waals surface area (Å²) in [5.74, 6) is -0.392. The smallest absolute Gasteiger partial charge is 0.341 e. The third-order valence-corrected chi connectivity index (χ3v) is 4.57. The molecule has 0 N–H and O–H groups in total. The van der Waals surface area contributed by atoms with Crippen LogP contribution >= 0.6 is 0 Å². The Morgan fingerprint density at radius 3 is 2.41 bits per heavy atom. The quantitative estimate of drug-likeness (QED) is 0.773. The molecule has 2 aromatic rings. The van der Waals surface area contributed by atoms with Crippen molar-refractivity contribution in [3.63, 3.8) is 0 Å². The van der Waals surface area contributed by atoms with E-state index in [1.54, 1.807) is 23.7 Å². The topological polar surface area (TPSA) is 73.7 Å². The Balaban J connectivity index is 1.78. The minimum absolute atomic E-state index is 0.00653. The third kappa shape index (κ3) is 4.03. The van der Waals surface area contributed by atoms with Crippen molar-refractivity contribution in [1.82, 2.24) is 14.7 Å². The molecule has 7 nitrogen and oxygen atoms in total. The van der Waals surface area contributed by atoms with Gasteiger partial charge in [-0.25, -0.2) is 9.48 Å². The van der Waals surface area contributed by atoms with E-state index in [0.717, 1.165) is 5.69 Å². The van der Waals surface area contributed by atoms with Crippen LogP contribution in [0.15, 0.2) is 30.5 Å². The number of aromatic nitrogens is 2. The predicted octanol–water partition coefficient (Wildman–Crippen LogP) is 2.61. The van der Waals surface area contributed by atoms with Crippen LogP contribution in [-0.4, -0.2) is 58.5 Å². The molecule has 1 saturated heterocycles. The summed E-state index contributed by atoms with van der Waals surface area (Å²) in [4.78, 5) is 26.5. The van der Waals surface area contributed by atoms with E-state index in [4.69, 9.17) is 9.47 Å². The van der Waals surface area contributed by atoms with Crippen LogP contribution in [0.4, 0.5) is 0 Å². The van der Waals surface area contributed by atoms with Gasteiger partial charge in [0.1, 0.15) is 5.56 Å². The molecule has 7 heteroatoms. The van der Waals surface area contributed by atoms with Gasteiger partial charge in [-0.2, -0.15) is 5.10 Å². The average molecular weight is 371 g/mol. The van der Waals surface area contributed by atoms with Gasteiger partial charge in [0.15, 0.2) is 0 Å². The summed E-state index contributed by atoms with van der Waals surface area (Å²) in [5.41, 5.74) is 2.54. The maximum atomic E-state index is 12.8. The molecule has 1 aromatic heterocycles. The zero-order chi connectivity index (χ0) is 19.6. The minimum atomic E-state index is -0.386. The lowest BCUT2D eigenvalue weighted by Crippen LogP contribution is -2.48. The van der Waals surface area contributed by atoms with E-state index >= 15 is 0 Å². The van der Waals surface area contributed by atoms with E-state index in [2.05, 4.69) is 5.10 Å². The molecule has 0 saturated carbocycles. The lowest BCUT2D eigenvalue weighted by Gasteiger charge is -2.35. The molecule has 3 rings (SSSR count). The molecule has 1 amide bonds. The number of carbonyl (C=O) groups is 2. The number of hydrogen-bond acceptors (Lipinski definition) is 5. The number of rotatable bonds is 4. The second-order valence-electron chi connectivity index (χ2n) is 6.79. The zero-order valence-corrected chi connectivity index (χ0v) is 16.1. The van der Waals surface area contributed by atoms with Crippen molar-refractivity contribution in [3.8, 4) is 5.69 Å². The maximum Gasteiger partial charge on any atom is 0.341 e. The van der Waals surface area contributed by atoms with Gasteiger partial charge in [-0.05, 0) is 52.0 Å². The van der Waals surface area contributed by atoms with Crippen molar-refractivity contribution in [2.24, 2.45) is 0 Å². The highest BCUT2D eigenvalue weighted by Crippen LogP contribution is 2.18. The second kappa shape index (κ2) is 7.92. The lowest BCUT2D eigenvalue weighted by molar-refractivity contribution is -0.0586. The fourth-order valence-corrected chi connectivity index (χ4v) is 3.35. The molecule has 1 aromatic carbocycles. The normalized spacial score (nSPS) is 19.8. The summed E-state index contributed by atoms with van der Waals surface area (Å²) in [6, 6.07) is 7.23. The molecule has 27 heavy (non-hydrogen) atoms. The Bertz CT molecular complexity index is 818. The van der Waals surface area contributed by atoms with Crippen LogP contribution in [0.1, 0.15) is 47.2 Å². The fraction of sp³-hybridized carbons (Fsp3) is 0.450. The van der Waals surface area contributed by atoms with E-state index in [1.807, 2.05) is 37.8 Å². The van der Waals surface area contributed by atoms with Crippen molar-refractivity contribution in [1.29, 1.82) is 0 Å². The highest BCUT2D eigenvalue weighted by Gasteiger charge is 2.26. The van der Waals surface area contributed by atoms with Crippen LogP contribution in [0.5, 0.6) is 0 Å². The number of amides is 1. The van der Waals surface area contributed by atoms with Crippen LogP contribution in [0.3, 0.4) is 0 Å². The van der Waals surface area contributed by atoms with Gasteiger partial charge >= 0.3 is 5.97 Å². The van der Waals surface area contributed by atoms with Crippen molar-refractivity contribution >= 4 is 11.9 Å². The first-order valence-corrected chi connectivity index (χ1v) is 9.17. The van der Waals surface area contributed by atoms with Gasteiger partial charge in [-0.1, -0.05) is 0 Å². The minimum Gasteiger partial charge on any atom is -0.462 e. The van der Waals surface area contributed by atoms with Crippen molar-refractivity contribution in [2.75, 3.05) is 19.7 Å². The standard InChI is InChI=1S/C20H25N3O4/c1-5-26-20(25)18-10-21-23(15(18)4)17-8-6-16(7-9-17)19(24)22-11-13(2)27-14(3)12-22/h6-10,13-14H,5,11-12H2,1-4H3. The van der Waals surface area contributed by atoms with E-state index in [1.165, 1.54) is 6.20 Å². The zero-order valence-electron chi connectivity index (χ0n) is 16.1. The van der Waals surface area contributed by atoms with Crippen LogP contribution in [-0.2, 0) is 9.47 Å². The number of hydrogen-bond donors (Lipinski definition) is 0. The molecule has 0 radical (unpaired) electrons. The highest BCUT2D eigenvalue weighted by atomic mass is 16.5. The van der Waals surface area contributed by atoms with Crippen LogP contribution in [0, 0.1) is 6.92 Å². The molecule has 0 bridgehead atoms. The SMILES string of the molecule is CCOC(=O)c1cnn(-c2ccc(C(=O)N3CC(C)OC(C)C3)cc2)c1C. The Hall–Kier alpha value is -2.67. The summed E-state index contributed by atoms with van der Waals surface area (Å²) < 4.78 is 12.4. The lowest BCUT2D eigenvalue weighted by atomic mass is 10.1. The van der Waals surface area contributed by atoms with Gasteiger partial charge in [0.2, 0.25) is 0 Å². The van der Waals surface area contributed by atoms with E-state index < -0.39 is 0 Å². The Labute approximate surface area is 158 Å². The average Bonchev–Trinajstić information content (AvgIpc) is 3.02. The van der Waals surface area contributed by atoms with Crippen molar-refractivity contribution < 1.29 is 19.1 Å². The first kappa shape index (κ1) is 19.1.